The fourth-order valence-electron chi connectivity index (χ4n) is 4.35. The predicted octanol–water partition coefficient (Wildman–Crippen LogP) is 4.12. The number of benzene rings is 1. The Kier molecular flexibility index (Phi) is 5.62. The van der Waals surface area contributed by atoms with Crippen molar-refractivity contribution in [2.75, 3.05) is 6.26 Å². The van der Waals surface area contributed by atoms with Crippen molar-refractivity contribution in [3.8, 4) is 39.5 Å². The zero-order chi connectivity index (χ0) is 26.4. The van der Waals surface area contributed by atoms with Gasteiger partial charge in [-0.3, -0.25) is 15.1 Å². The Morgan fingerprint density at radius 3 is 2.63 bits per heavy atom. The van der Waals surface area contributed by atoms with Gasteiger partial charge in [0.1, 0.15) is 22.8 Å². The molecule has 0 bridgehead atoms. The second-order valence-corrected chi connectivity index (χ2v) is 10.7. The normalized spacial score (nSPS) is 11.9. The molecule has 6 rings (SSSR count). The Morgan fingerprint density at radius 1 is 0.974 bits per heavy atom. The lowest BCUT2D eigenvalue weighted by molar-refractivity contribution is 0.473. The summed E-state index contributed by atoms with van der Waals surface area (Å²) in [6, 6.07) is 11.5. The molecule has 0 fully saturated rings. The van der Waals surface area contributed by atoms with Gasteiger partial charge in [0.05, 0.1) is 41.1 Å². The first-order valence-electron chi connectivity index (χ1n) is 11.4. The van der Waals surface area contributed by atoms with E-state index in [1.807, 2.05) is 18.2 Å². The Bertz CT molecular complexity index is 1950. The highest BCUT2D eigenvalue weighted by Crippen LogP contribution is 2.34. The summed E-state index contributed by atoms with van der Waals surface area (Å²) < 4.78 is 39.9. The van der Waals surface area contributed by atoms with E-state index in [2.05, 4.69) is 29.9 Å². The number of nitrogens with zero attached hydrogens (tertiary/aromatic N) is 4. The summed E-state index contributed by atoms with van der Waals surface area (Å²) in [6.07, 6.45) is 7.32. The van der Waals surface area contributed by atoms with Gasteiger partial charge in [-0.2, -0.15) is 5.10 Å². The minimum Gasteiger partial charge on any atom is -0.506 e. The molecule has 0 spiro atoms. The Morgan fingerprint density at radius 2 is 1.82 bits per heavy atom. The number of rotatable bonds is 6. The monoisotopic (exact) mass is 529 g/mol. The van der Waals surface area contributed by atoms with Crippen LogP contribution in [0.25, 0.3) is 55.7 Å². The molecule has 5 aromatic heterocycles. The van der Waals surface area contributed by atoms with E-state index in [4.69, 9.17) is 4.98 Å². The Balaban J connectivity index is 1.43. The molecular weight excluding hydrogens is 509 g/mol. The molecule has 5 heterocycles. The number of aromatic nitrogens is 6. The Hall–Kier alpha value is -4.68. The molecule has 0 aliphatic heterocycles. The van der Waals surface area contributed by atoms with Crippen LogP contribution in [-0.4, -0.2) is 49.9 Å². The van der Waals surface area contributed by atoms with Crippen LogP contribution >= 0.6 is 0 Å². The van der Waals surface area contributed by atoms with Crippen molar-refractivity contribution in [1.82, 2.24) is 34.9 Å². The molecule has 0 amide bonds. The number of halogens is 1. The number of pyridine rings is 3. The maximum Gasteiger partial charge on any atom is 0.209 e. The topological polar surface area (TPSA) is 150 Å². The van der Waals surface area contributed by atoms with Crippen molar-refractivity contribution in [3.63, 3.8) is 0 Å². The Labute approximate surface area is 215 Å². The fraction of sp³-hybridized carbons (Fsp3) is 0.0769. The number of hydrogen-bond acceptors (Lipinski definition) is 7. The van der Waals surface area contributed by atoms with Crippen LogP contribution in [0.2, 0.25) is 0 Å². The van der Waals surface area contributed by atoms with Crippen LogP contribution in [0.1, 0.15) is 5.56 Å². The summed E-state index contributed by atoms with van der Waals surface area (Å²) >= 11 is 0. The molecule has 190 valence electrons. The van der Waals surface area contributed by atoms with Crippen molar-refractivity contribution in [2.24, 2.45) is 0 Å². The average molecular weight is 530 g/mol. The van der Waals surface area contributed by atoms with Crippen LogP contribution in [0.3, 0.4) is 0 Å². The third-order valence-electron chi connectivity index (χ3n) is 6.04. The highest BCUT2D eigenvalue weighted by atomic mass is 32.2. The maximum absolute atomic E-state index is 14.5. The van der Waals surface area contributed by atoms with Gasteiger partial charge in [-0.05, 0) is 53.6 Å². The molecule has 0 aliphatic rings. The van der Waals surface area contributed by atoms with Crippen LogP contribution in [0, 0.1) is 5.82 Å². The molecule has 10 nitrogen and oxygen atoms in total. The van der Waals surface area contributed by atoms with E-state index in [-0.39, 0.29) is 12.3 Å². The summed E-state index contributed by atoms with van der Waals surface area (Å²) in [5, 5.41) is 18.0. The van der Waals surface area contributed by atoms with Crippen molar-refractivity contribution in [1.29, 1.82) is 0 Å². The van der Waals surface area contributed by atoms with E-state index in [1.165, 1.54) is 18.3 Å². The maximum atomic E-state index is 14.5. The van der Waals surface area contributed by atoms with Crippen LogP contribution in [-0.2, 0) is 16.6 Å². The molecular formula is C26H20FN7O3S. The van der Waals surface area contributed by atoms with Crippen LogP contribution in [0.4, 0.5) is 4.39 Å². The highest BCUT2D eigenvalue weighted by Gasteiger charge is 2.17. The smallest absolute Gasteiger partial charge is 0.209 e. The zero-order valence-corrected chi connectivity index (χ0v) is 20.7. The number of sulfonamides is 1. The molecule has 0 saturated carbocycles. The summed E-state index contributed by atoms with van der Waals surface area (Å²) in [4.78, 5) is 16.4. The molecule has 38 heavy (non-hydrogen) atoms. The standard InChI is InChI=1S/C26H20FN7O3S/c1-38(36,37)30-9-14-4-15(6-17(27)5-14)20-12-29-13-24-19(20)8-23(31-24)26-25-22(33-34-26)3-2-21(32-25)16-7-18(35)11-28-10-16/h2-8,10-13,30-31,35H,9H2,1H3,(H,33,34). The van der Waals surface area contributed by atoms with Gasteiger partial charge in [0.15, 0.2) is 0 Å². The first kappa shape index (κ1) is 23.7. The molecule has 6 aromatic rings. The highest BCUT2D eigenvalue weighted by molar-refractivity contribution is 7.88. The molecule has 0 radical (unpaired) electrons. The molecule has 4 N–H and O–H groups in total. The van der Waals surface area contributed by atoms with Crippen molar-refractivity contribution in [2.45, 2.75) is 6.54 Å². The van der Waals surface area contributed by atoms with E-state index >= 15 is 0 Å². The van der Waals surface area contributed by atoms with E-state index in [1.54, 1.807) is 30.7 Å². The summed E-state index contributed by atoms with van der Waals surface area (Å²) in [6.45, 7) is -0.0344. The lowest BCUT2D eigenvalue weighted by Crippen LogP contribution is -2.21. The van der Waals surface area contributed by atoms with E-state index < -0.39 is 15.8 Å². The number of hydrogen-bond donors (Lipinski definition) is 4. The number of nitrogens with one attached hydrogen (secondary N) is 3. The lowest BCUT2D eigenvalue weighted by Gasteiger charge is -2.08. The SMILES string of the molecule is CS(=O)(=O)NCc1cc(F)cc(-c2cncc3[nH]c(-c4n[nH]c5ccc(-c6cncc(O)c6)nc45)cc23)c1. The molecule has 0 atom stereocenters. The number of H-pyrrole nitrogens is 2. The fourth-order valence-corrected chi connectivity index (χ4v) is 4.78. The number of aromatic hydroxyl groups is 1. The molecule has 0 unspecified atom stereocenters. The molecule has 0 saturated heterocycles. The summed E-state index contributed by atoms with van der Waals surface area (Å²) in [7, 11) is -3.43. The average Bonchev–Trinajstić information content (AvgIpc) is 3.50. The zero-order valence-electron chi connectivity index (χ0n) is 19.9. The van der Waals surface area contributed by atoms with E-state index in [0.717, 1.165) is 17.2 Å². The number of aromatic amines is 2. The van der Waals surface area contributed by atoms with Crippen molar-refractivity contribution >= 4 is 32.0 Å². The number of fused-ring (bicyclic) bond motifs is 2. The largest absolute Gasteiger partial charge is 0.506 e. The van der Waals surface area contributed by atoms with Gasteiger partial charge < -0.3 is 10.1 Å². The van der Waals surface area contributed by atoms with Crippen LogP contribution in [0.15, 0.2) is 67.3 Å². The third kappa shape index (κ3) is 4.58. The van der Waals surface area contributed by atoms with Crippen molar-refractivity contribution < 1.29 is 17.9 Å². The molecule has 1 aromatic carbocycles. The quantitative estimate of drug-likeness (QED) is 0.253. The van der Waals surface area contributed by atoms with Gasteiger partial charge in [-0.25, -0.2) is 22.5 Å². The van der Waals surface area contributed by atoms with Crippen LogP contribution < -0.4 is 4.72 Å². The van der Waals surface area contributed by atoms with E-state index in [0.29, 0.717) is 50.4 Å². The first-order valence-corrected chi connectivity index (χ1v) is 13.3. The summed E-state index contributed by atoms with van der Waals surface area (Å²) in [5.74, 6) is -0.447. The minimum atomic E-state index is -3.43. The van der Waals surface area contributed by atoms with E-state index in [9.17, 15) is 17.9 Å². The second kappa shape index (κ2) is 9.01. The lowest BCUT2D eigenvalue weighted by atomic mass is 10.0. The van der Waals surface area contributed by atoms with Gasteiger partial charge in [-0.15, -0.1) is 0 Å². The van der Waals surface area contributed by atoms with Crippen molar-refractivity contribution in [3.05, 3.63) is 78.6 Å². The van der Waals surface area contributed by atoms with Gasteiger partial charge in [-0.1, -0.05) is 0 Å². The molecule has 0 aliphatic carbocycles. The first-order chi connectivity index (χ1) is 18.2. The third-order valence-corrected chi connectivity index (χ3v) is 6.70. The molecule has 12 heteroatoms. The van der Waals surface area contributed by atoms with Gasteiger partial charge in [0.25, 0.3) is 0 Å². The summed E-state index contributed by atoms with van der Waals surface area (Å²) in [5.41, 5.74) is 6.30. The second-order valence-electron chi connectivity index (χ2n) is 8.87. The van der Waals surface area contributed by atoms with Gasteiger partial charge in [0.2, 0.25) is 10.0 Å². The van der Waals surface area contributed by atoms with Crippen LogP contribution in [0.5, 0.6) is 5.75 Å². The predicted molar refractivity (Wildman–Crippen MR) is 141 cm³/mol. The van der Waals surface area contributed by atoms with Gasteiger partial charge >= 0.3 is 0 Å². The minimum absolute atomic E-state index is 0.0344. The van der Waals surface area contributed by atoms with Gasteiger partial charge in [0, 0.05) is 35.5 Å².